The van der Waals surface area contributed by atoms with Gasteiger partial charge in [-0.05, 0) is 48.2 Å². The summed E-state index contributed by atoms with van der Waals surface area (Å²) in [4.78, 5) is 0. The minimum absolute atomic E-state index is 0.296. The van der Waals surface area contributed by atoms with Crippen molar-refractivity contribution in [1.82, 2.24) is 10.6 Å². The third-order valence-electron chi connectivity index (χ3n) is 5.14. The van der Waals surface area contributed by atoms with E-state index in [4.69, 9.17) is 12.2 Å². The summed E-state index contributed by atoms with van der Waals surface area (Å²) in [5, 5.41) is 7.82. The molecule has 4 rings (SSSR count). The standard InChI is InChI=1S/C21H22N2S/c24-21-22-19(16-10-5-2-6-11-16)18-13-7-12-17(20(18)23-21)14-15-8-3-1-4-9-15/h1-6,8-11,14,18-20H,7,12-13H2,(H2,22,23,24)/b17-14-/t18-,19-,20+/m0/s1. The van der Waals surface area contributed by atoms with Crippen molar-refractivity contribution in [2.24, 2.45) is 5.92 Å². The van der Waals surface area contributed by atoms with Crippen LogP contribution in [-0.4, -0.2) is 11.2 Å². The zero-order valence-corrected chi connectivity index (χ0v) is 14.4. The average molecular weight is 334 g/mol. The molecule has 1 aliphatic heterocycles. The Kier molecular flexibility index (Phi) is 4.35. The third kappa shape index (κ3) is 3.09. The van der Waals surface area contributed by atoms with E-state index in [2.05, 4.69) is 77.4 Å². The minimum Gasteiger partial charge on any atom is -0.356 e. The second kappa shape index (κ2) is 6.78. The molecule has 0 radical (unpaired) electrons. The lowest BCUT2D eigenvalue weighted by Crippen LogP contribution is -2.57. The Balaban J connectivity index is 1.67. The molecule has 1 saturated carbocycles. The van der Waals surface area contributed by atoms with Gasteiger partial charge in [0.15, 0.2) is 5.11 Å². The van der Waals surface area contributed by atoms with Crippen LogP contribution in [0, 0.1) is 5.92 Å². The predicted molar refractivity (Wildman–Crippen MR) is 104 cm³/mol. The highest BCUT2D eigenvalue weighted by atomic mass is 32.1. The van der Waals surface area contributed by atoms with Crippen LogP contribution in [-0.2, 0) is 0 Å². The molecule has 0 spiro atoms. The molecule has 2 aromatic carbocycles. The fourth-order valence-electron chi connectivity index (χ4n) is 4.05. The average Bonchev–Trinajstić information content (AvgIpc) is 2.63. The molecule has 0 unspecified atom stereocenters. The molecule has 2 nitrogen and oxygen atoms in total. The minimum atomic E-state index is 0.296. The molecule has 2 N–H and O–H groups in total. The first-order chi connectivity index (χ1) is 11.8. The summed E-state index contributed by atoms with van der Waals surface area (Å²) >= 11 is 5.52. The summed E-state index contributed by atoms with van der Waals surface area (Å²) < 4.78 is 0. The second-order valence-corrected chi connectivity index (χ2v) is 7.08. The molecule has 24 heavy (non-hydrogen) atoms. The van der Waals surface area contributed by atoms with Crippen molar-refractivity contribution in [3.05, 3.63) is 77.4 Å². The van der Waals surface area contributed by atoms with Crippen molar-refractivity contribution in [2.75, 3.05) is 0 Å². The molecule has 0 bridgehead atoms. The quantitative estimate of drug-likeness (QED) is 0.793. The van der Waals surface area contributed by atoms with Gasteiger partial charge in [-0.3, -0.25) is 0 Å². The van der Waals surface area contributed by atoms with Crippen LogP contribution in [0.1, 0.15) is 36.4 Å². The van der Waals surface area contributed by atoms with Crippen LogP contribution < -0.4 is 10.6 Å². The molecule has 1 heterocycles. The summed E-state index contributed by atoms with van der Waals surface area (Å²) in [6.45, 7) is 0. The van der Waals surface area contributed by atoms with Crippen LogP contribution in [0.15, 0.2) is 66.2 Å². The highest BCUT2D eigenvalue weighted by Gasteiger charge is 2.39. The monoisotopic (exact) mass is 334 g/mol. The number of hydrogen-bond acceptors (Lipinski definition) is 1. The Morgan fingerprint density at radius 2 is 1.54 bits per heavy atom. The van der Waals surface area contributed by atoms with Crippen molar-refractivity contribution in [2.45, 2.75) is 31.3 Å². The zero-order valence-electron chi connectivity index (χ0n) is 13.6. The number of benzene rings is 2. The lowest BCUT2D eigenvalue weighted by Gasteiger charge is -2.45. The van der Waals surface area contributed by atoms with Gasteiger partial charge in [-0.2, -0.15) is 0 Å². The van der Waals surface area contributed by atoms with Crippen LogP contribution in [0.2, 0.25) is 0 Å². The van der Waals surface area contributed by atoms with E-state index in [1.54, 1.807) is 0 Å². The molecule has 2 fully saturated rings. The first kappa shape index (κ1) is 15.4. The summed E-state index contributed by atoms with van der Waals surface area (Å²) in [6.07, 6.45) is 5.95. The number of nitrogens with one attached hydrogen (secondary N) is 2. The predicted octanol–water partition coefficient (Wildman–Crippen LogP) is 4.46. The molecular formula is C21H22N2S. The Morgan fingerprint density at radius 3 is 2.29 bits per heavy atom. The molecule has 2 aliphatic rings. The van der Waals surface area contributed by atoms with E-state index < -0.39 is 0 Å². The van der Waals surface area contributed by atoms with Gasteiger partial charge in [0.05, 0.1) is 12.1 Å². The second-order valence-electron chi connectivity index (χ2n) is 6.67. The highest BCUT2D eigenvalue weighted by Crippen LogP contribution is 2.39. The van der Waals surface area contributed by atoms with Gasteiger partial charge in [0.2, 0.25) is 0 Å². The number of fused-ring (bicyclic) bond motifs is 1. The van der Waals surface area contributed by atoms with Gasteiger partial charge >= 0.3 is 0 Å². The van der Waals surface area contributed by atoms with Crippen LogP contribution >= 0.6 is 12.2 Å². The molecular weight excluding hydrogens is 312 g/mol. The topological polar surface area (TPSA) is 24.1 Å². The Hall–Kier alpha value is -2.13. The van der Waals surface area contributed by atoms with E-state index in [1.165, 1.54) is 29.5 Å². The smallest absolute Gasteiger partial charge is 0.167 e. The molecule has 122 valence electrons. The van der Waals surface area contributed by atoms with Gasteiger partial charge in [0, 0.05) is 5.92 Å². The van der Waals surface area contributed by atoms with E-state index in [0.29, 0.717) is 18.0 Å². The first-order valence-corrected chi connectivity index (χ1v) is 9.09. The molecule has 3 atom stereocenters. The van der Waals surface area contributed by atoms with Crippen molar-refractivity contribution in [1.29, 1.82) is 0 Å². The lowest BCUT2D eigenvalue weighted by molar-refractivity contribution is 0.260. The molecule has 1 aliphatic carbocycles. The lowest BCUT2D eigenvalue weighted by atomic mass is 9.73. The number of hydrogen-bond donors (Lipinski definition) is 2. The van der Waals surface area contributed by atoms with Gasteiger partial charge in [0.25, 0.3) is 0 Å². The van der Waals surface area contributed by atoms with Gasteiger partial charge < -0.3 is 10.6 Å². The van der Waals surface area contributed by atoms with Crippen LogP contribution in [0.4, 0.5) is 0 Å². The van der Waals surface area contributed by atoms with E-state index >= 15 is 0 Å². The Bertz CT molecular complexity index is 739. The molecule has 3 heteroatoms. The fourth-order valence-corrected chi connectivity index (χ4v) is 4.30. The molecule has 1 saturated heterocycles. The maximum absolute atomic E-state index is 5.52. The van der Waals surface area contributed by atoms with Crippen molar-refractivity contribution in [3.63, 3.8) is 0 Å². The molecule has 0 aromatic heterocycles. The van der Waals surface area contributed by atoms with Crippen molar-refractivity contribution in [3.8, 4) is 0 Å². The Morgan fingerprint density at radius 1 is 0.875 bits per heavy atom. The van der Waals surface area contributed by atoms with E-state index in [-0.39, 0.29) is 0 Å². The SMILES string of the molecule is S=C1N[C@@H]2/C(=C\c3ccccc3)CCC[C@H]2[C@H](c2ccccc2)N1. The van der Waals surface area contributed by atoms with E-state index in [9.17, 15) is 0 Å². The van der Waals surface area contributed by atoms with Crippen LogP contribution in [0.5, 0.6) is 0 Å². The van der Waals surface area contributed by atoms with Crippen LogP contribution in [0.25, 0.3) is 6.08 Å². The van der Waals surface area contributed by atoms with E-state index in [1.807, 2.05) is 0 Å². The van der Waals surface area contributed by atoms with Gasteiger partial charge in [-0.15, -0.1) is 0 Å². The van der Waals surface area contributed by atoms with Gasteiger partial charge in [-0.1, -0.05) is 66.7 Å². The largest absolute Gasteiger partial charge is 0.356 e. The summed E-state index contributed by atoms with van der Waals surface area (Å²) in [5.74, 6) is 0.530. The van der Waals surface area contributed by atoms with E-state index in [0.717, 1.165) is 11.5 Å². The maximum atomic E-state index is 5.52. The van der Waals surface area contributed by atoms with Gasteiger partial charge in [-0.25, -0.2) is 0 Å². The van der Waals surface area contributed by atoms with Gasteiger partial charge in [0.1, 0.15) is 0 Å². The maximum Gasteiger partial charge on any atom is 0.167 e. The summed E-state index contributed by atoms with van der Waals surface area (Å²) in [6, 6.07) is 21.9. The third-order valence-corrected chi connectivity index (χ3v) is 5.38. The summed E-state index contributed by atoms with van der Waals surface area (Å²) in [5.41, 5.74) is 4.08. The molecule has 0 amide bonds. The first-order valence-electron chi connectivity index (χ1n) is 8.69. The summed E-state index contributed by atoms with van der Waals surface area (Å²) in [7, 11) is 0. The number of thiocarbonyl (C=S) groups is 1. The number of rotatable bonds is 2. The normalized spacial score (nSPS) is 27.9. The fraction of sp³-hybridized carbons (Fsp3) is 0.286. The van der Waals surface area contributed by atoms with Crippen LogP contribution in [0.3, 0.4) is 0 Å². The highest BCUT2D eigenvalue weighted by molar-refractivity contribution is 7.80. The van der Waals surface area contributed by atoms with Crippen molar-refractivity contribution >= 4 is 23.4 Å². The van der Waals surface area contributed by atoms with Crippen molar-refractivity contribution < 1.29 is 0 Å². The Labute approximate surface area is 149 Å². The molecule has 2 aromatic rings. The zero-order chi connectivity index (χ0) is 16.4.